The van der Waals surface area contributed by atoms with Crippen molar-refractivity contribution in [3.63, 3.8) is 0 Å². The number of amides is 2. The maximum atomic E-state index is 11.8. The molecule has 1 aromatic rings. The molecule has 0 aromatic carbocycles. The molecule has 0 bridgehead atoms. The van der Waals surface area contributed by atoms with Crippen molar-refractivity contribution < 1.29 is 14.7 Å². The molecule has 0 spiro atoms. The highest BCUT2D eigenvalue weighted by molar-refractivity contribution is 7.10. The van der Waals surface area contributed by atoms with Crippen LogP contribution in [0.15, 0.2) is 17.5 Å². The average Bonchev–Trinajstić information content (AvgIpc) is 2.99. The second-order valence-electron chi connectivity index (χ2n) is 5.09. The van der Waals surface area contributed by atoms with Gasteiger partial charge in [-0.25, -0.2) is 9.59 Å². The van der Waals surface area contributed by atoms with Crippen LogP contribution in [0.4, 0.5) is 4.79 Å². The molecule has 0 saturated carbocycles. The van der Waals surface area contributed by atoms with E-state index in [1.165, 1.54) is 30.6 Å². The Bertz CT molecular complexity index is 458. The number of carbonyl (C=O) groups is 2. The summed E-state index contributed by atoms with van der Waals surface area (Å²) in [7, 11) is 0. The largest absolute Gasteiger partial charge is 0.479 e. The lowest BCUT2D eigenvalue weighted by Crippen LogP contribution is -2.44. The number of nitrogens with one attached hydrogen (secondary N) is 2. The zero-order valence-corrected chi connectivity index (χ0v) is 12.7. The third kappa shape index (κ3) is 5.02. The lowest BCUT2D eigenvalue weighted by molar-refractivity contribution is -0.139. The third-order valence-electron chi connectivity index (χ3n) is 3.51. The van der Waals surface area contributed by atoms with Crippen molar-refractivity contribution in [3.05, 3.63) is 22.4 Å². The number of piperidine rings is 1. The molecule has 0 radical (unpaired) electrons. The fraction of sp³-hybridized carbons (Fsp3) is 0.571. The van der Waals surface area contributed by atoms with E-state index in [4.69, 9.17) is 0 Å². The van der Waals surface area contributed by atoms with E-state index in [9.17, 15) is 14.7 Å². The van der Waals surface area contributed by atoms with Gasteiger partial charge in [0.1, 0.15) is 0 Å². The van der Waals surface area contributed by atoms with Gasteiger partial charge in [-0.2, -0.15) is 0 Å². The van der Waals surface area contributed by atoms with E-state index in [1.807, 2.05) is 0 Å². The number of thiophene rings is 1. The predicted molar refractivity (Wildman–Crippen MR) is 81.5 cm³/mol. The first-order valence-corrected chi connectivity index (χ1v) is 8.07. The summed E-state index contributed by atoms with van der Waals surface area (Å²) in [6, 6.07) is 2.05. The summed E-state index contributed by atoms with van der Waals surface area (Å²) in [5, 5.41) is 16.2. The van der Waals surface area contributed by atoms with Crippen LogP contribution in [0.1, 0.15) is 30.2 Å². The summed E-state index contributed by atoms with van der Waals surface area (Å²) < 4.78 is 0. The van der Waals surface area contributed by atoms with Gasteiger partial charge in [0.15, 0.2) is 6.04 Å². The number of carboxylic acids is 1. The zero-order chi connectivity index (χ0) is 15.1. The van der Waals surface area contributed by atoms with Gasteiger partial charge in [-0.1, -0.05) is 12.5 Å². The number of nitrogens with zero attached hydrogens (tertiary/aromatic N) is 1. The molecule has 1 atom stereocenters. The van der Waals surface area contributed by atoms with E-state index < -0.39 is 18.0 Å². The van der Waals surface area contributed by atoms with E-state index >= 15 is 0 Å². The van der Waals surface area contributed by atoms with Gasteiger partial charge in [-0.05, 0) is 37.4 Å². The van der Waals surface area contributed by atoms with Crippen LogP contribution in [0, 0.1) is 0 Å². The number of rotatable bonds is 6. The van der Waals surface area contributed by atoms with Crippen LogP contribution in [-0.4, -0.2) is 48.2 Å². The smallest absolute Gasteiger partial charge is 0.331 e. The molecule has 6 nitrogen and oxygen atoms in total. The van der Waals surface area contributed by atoms with Crippen molar-refractivity contribution >= 4 is 23.3 Å². The third-order valence-corrected chi connectivity index (χ3v) is 4.45. The number of urea groups is 1. The second kappa shape index (κ2) is 7.99. The Labute approximate surface area is 128 Å². The zero-order valence-electron chi connectivity index (χ0n) is 11.9. The molecule has 1 fully saturated rings. The molecule has 21 heavy (non-hydrogen) atoms. The fourth-order valence-electron chi connectivity index (χ4n) is 2.40. The van der Waals surface area contributed by atoms with Crippen molar-refractivity contribution in [2.45, 2.75) is 25.3 Å². The van der Waals surface area contributed by atoms with Crippen molar-refractivity contribution in [2.75, 3.05) is 26.2 Å². The lowest BCUT2D eigenvalue weighted by atomic mass is 10.1. The molecule has 1 saturated heterocycles. The summed E-state index contributed by atoms with van der Waals surface area (Å²) in [6.45, 7) is 3.50. The second-order valence-corrected chi connectivity index (χ2v) is 6.07. The van der Waals surface area contributed by atoms with E-state index in [-0.39, 0.29) is 0 Å². The van der Waals surface area contributed by atoms with Gasteiger partial charge in [0.25, 0.3) is 0 Å². The van der Waals surface area contributed by atoms with Crippen LogP contribution >= 0.6 is 11.3 Å². The highest BCUT2D eigenvalue weighted by Gasteiger charge is 2.22. The molecule has 1 unspecified atom stereocenters. The quantitative estimate of drug-likeness (QED) is 0.746. The fourth-order valence-corrected chi connectivity index (χ4v) is 3.17. The number of aliphatic carboxylic acids is 1. The Morgan fingerprint density at radius 1 is 1.33 bits per heavy atom. The maximum absolute atomic E-state index is 11.8. The Balaban J connectivity index is 1.73. The van der Waals surface area contributed by atoms with E-state index in [1.54, 1.807) is 17.5 Å². The molecular formula is C14H21N3O3S. The highest BCUT2D eigenvalue weighted by Crippen LogP contribution is 2.18. The van der Waals surface area contributed by atoms with Crippen LogP contribution in [0.3, 0.4) is 0 Å². The molecule has 1 aliphatic heterocycles. The number of carbonyl (C=O) groups excluding carboxylic acids is 1. The molecule has 7 heteroatoms. The number of carboxylic acid groups (broad SMARTS) is 1. The van der Waals surface area contributed by atoms with Crippen molar-refractivity contribution in [1.29, 1.82) is 0 Å². The molecule has 116 valence electrons. The lowest BCUT2D eigenvalue weighted by Gasteiger charge is -2.26. The minimum absolute atomic E-state index is 0.437. The Morgan fingerprint density at radius 2 is 2.10 bits per heavy atom. The normalized spacial score (nSPS) is 17.1. The molecule has 1 aliphatic rings. The van der Waals surface area contributed by atoms with Gasteiger partial charge in [0.05, 0.1) is 0 Å². The molecule has 2 amide bonds. The summed E-state index contributed by atoms with van der Waals surface area (Å²) in [6.07, 6.45) is 3.71. The van der Waals surface area contributed by atoms with Crippen molar-refractivity contribution in [1.82, 2.24) is 15.5 Å². The minimum Gasteiger partial charge on any atom is -0.479 e. The molecule has 3 N–H and O–H groups in total. The van der Waals surface area contributed by atoms with Gasteiger partial charge < -0.3 is 20.6 Å². The molecular weight excluding hydrogens is 290 g/mol. The van der Waals surface area contributed by atoms with Crippen molar-refractivity contribution in [3.8, 4) is 0 Å². The topological polar surface area (TPSA) is 81.7 Å². The monoisotopic (exact) mass is 311 g/mol. The van der Waals surface area contributed by atoms with Crippen LogP contribution in [-0.2, 0) is 4.79 Å². The Morgan fingerprint density at radius 3 is 2.71 bits per heavy atom. The Kier molecular flexibility index (Phi) is 6.01. The summed E-state index contributed by atoms with van der Waals surface area (Å²) in [4.78, 5) is 25.9. The van der Waals surface area contributed by atoms with Gasteiger partial charge in [-0.15, -0.1) is 11.3 Å². The first-order valence-electron chi connectivity index (χ1n) is 7.20. The molecule has 2 rings (SSSR count). The standard InChI is InChI=1S/C14H21N3O3S/c18-13(19)12(11-5-4-10-21-11)16-14(20)15-6-9-17-7-2-1-3-8-17/h4-5,10,12H,1-3,6-9H2,(H,18,19)(H2,15,16,20). The summed E-state index contributed by atoms with van der Waals surface area (Å²) >= 11 is 1.32. The Hall–Kier alpha value is -1.60. The van der Waals surface area contributed by atoms with Gasteiger partial charge in [0.2, 0.25) is 0 Å². The van der Waals surface area contributed by atoms with E-state index in [0.717, 1.165) is 19.6 Å². The molecule has 1 aromatic heterocycles. The number of hydrogen-bond acceptors (Lipinski definition) is 4. The van der Waals surface area contributed by atoms with Crippen LogP contribution in [0.5, 0.6) is 0 Å². The first-order chi connectivity index (χ1) is 10.2. The maximum Gasteiger partial charge on any atom is 0.331 e. The number of likely N-dealkylation sites (tertiary alicyclic amines) is 1. The number of hydrogen-bond donors (Lipinski definition) is 3. The summed E-state index contributed by atoms with van der Waals surface area (Å²) in [5.41, 5.74) is 0. The van der Waals surface area contributed by atoms with Gasteiger partial charge >= 0.3 is 12.0 Å². The van der Waals surface area contributed by atoms with Gasteiger partial charge in [-0.3, -0.25) is 0 Å². The molecule has 0 aliphatic carbocycles. The highest BCUT2D eigenvalue weighted by atomic mass is 32.1. The van der Waals surface area contributed by atoms with E-state index in [2.05, 4.69) is 15.5 Å². The first kappa shape index (κ1) is 15.8. The van der Waals surface area contributed by atoms with Crippen LogP contribution < -0.4 is 10.6 Å². The van der Waals surface area contributed by atoms with Crippen molar-refractivity contribution in [2.24, 2.45) is 0 Å². The average molecular weight is 311 g/mol. The predicted octanol–water partition coefficient (Wildman–Crippen LogP) is 1.66. The van der Waals surface area contributed by atoms with E-state index in [0.29, 0.717) is 11.4 Å². The van der Waals surface area contributed by atoms with Crippen LogP contribution in [0.2, 0.25) is 0 Å². The SMILES string of the molecule is O=C(NCCN1CCCCC1)NC(C(=O)O)c1cccs1. The molecule has 2 heterocycles. The minimum atomic E-state index is -1.05. The van der Waals surface area contributed by atoms with Gasteiger partial charge in [0, 0.05) is 18.0 Å². The van der Waals surface area contributed by atoms with Crippen LogP contribution in [0.25, 0.3) is 0 Å². The summed E-state index contributed by atoms with van der Waals surface area (Å²) in [5.74, 6) is -1.05.